The van der Waals surface area contributed by atoms with Gasteiger partial charge in [-0.1, -0.05) is 20.4 Å². The van der Waals surface area contributed by atoms with Crippen molar-refractivity contribution in [3.8, 4) is 0 Å². The molecule has 1 rings (SSSR count). The third kappa shape index (κ3) is 2.42. The van der Waals surface area contributed by atoms with E-state index in [1.165, 1.54) is 31.1 Å². The van der Waals surface area contributed by atoms with Crippen molar-refractivity contribution in [1.29, 1.82) is 0 Å². The summed E-state index contributed by atoms with van der Waals surface area (Å²) in [6, 6.07) is 0. The highest BCUT2D eigenvalue weighted by Crippen LogP contribution is 2.26. The van der Waals surface area contributed by atoms with Crippen LogP contribution in [0.1, 0.15) is 13.8 Å². The highest BCUT2D eigenvalue weighted by Gasteiger charge is 2.14. The first-order valence-electron chi connectivity index (χ1n) is 4.71. The lowest BCUT2D eigenvalue weighted by atomic mass is 10.1. The topological polar surface area (TPSA) is 3.24 Å². The fourth-order valence-corrected chi connectivity index (χ4v) is 2.90. The minimum absolute atomic E-state index is 0.217. The van der Waals surface area contributed by atoms with Gasteiger partial charge in [-0.25, -0.2) is 0 Å². The number of hydrogen-bond donors (Lipinski definition) is 0. The van der Waals surface area contributed by atoms with E-state index < -0.39 is 0 Å². The van der Waals surface area contributed by atoms with Gasteiger partial charge in [0.1, 0.15) is 0 Å². The Kier molecular flexibility index (Phi) is 3.46. The minimum atomic E-state index is -0.217. The highest BCUT2D eigenvalue weighted by atomic mass is 31.1. The Morgan fingerprint density at radius 3 is 2.25 bits per heavy atom. The van der Waals surface area contributed by atoms with Crippen LogP contribution in [0.15, 0.2) is 12.3 Å². The number of hydrogen-bond acceptors (Lipinski definition) is 1. The summed E-state index contributed by atoms with van der Waals surface area (Å²) in [5.74, 6) is 0.601. The molecule has 2 heteroatoms. The van der Waals surface area contributed by atoms with Crippen LogP contribution in [0.25, 0.3) is 0 Å². The monoisotopic (exact) mass is 185 g/mol. The van der Waals surface area contributed by atoms with Gasteiger partial charge in [-0.15, -0.1) is 13.8 Å². The first-order valence-corrected chi connectivity index (χ1v) is 6.83. The molecule has 0 spiro atoms. The molecule has 12 heavy (non-hydrogen) atoms. The van der Waals surface area contributed by atoms with E-state index in [4.69, 9.17) is 0 Å². The predicted molar refractivity (Wildman–Crippen MR) is 60.7 cm³/mol. The van der Waals surface area contributed by atoms with E-state index >= 15 is 0 Å². The van der Waals surface area contributed by atoms with E-state index in [0.717, 1.165) is 0 Å². The van der Waals surface area contributed by atoms with Gasteiger partial charge in [0.2, 0.25) is 0 Å². The zero-order valence-electron chi connectivity index (χ0n) is 8.27. The maximum absolute atomic E-state index is 4.18. The molecule has 0 atom stereocenters. The van der Waals surface area contributed by atoms with Crippen molar-refractivity contribution in [1.82, 2.24) is 4.90 Å². The molecule has 0 amide bonds. The Hall–Kier alpha value is -0.160. The number of allylic oxidation sites excluding steroid dienone is 1. The van der Waals surface area contributed by atoms with Crippen molar-refractivity contribution in [2.45, 2.75) is 13.8 Å². The van der Waals surface area contributed by atoms with Crippen LogP contribution in [0.4, 0.5) is 0 Å². The minimum Gasteiger partial charge on any atom is -0.374 e. The lowest BCUT2D eigenvalue weighted by Crippen LogP contribution is -2.33. The highest BCUT2D eigenvalue weighted by molar-refractivity contribution is 7.55. The van der Waals surface area contributed by atoms with E-state index in [-0.39, 0.29) is 7.55 Å². The second-order valence-corrected chi connectivity index (χ2v) is 6.38. The SMILES string of the molecule is C=C(C(C)C)N1CC[PH](=C)CC1. The zero-order valence-corrected chi connectivity index (χ0v) is 9.27. The van der Waals surface area contributed by atoms with Gasteiger partial charge >= 0.3 is 0 Å². The van der Waals surface area contributed by atoms with Crippen molar-refractivity contribution in [2.24, 2.45) is 5.92 Å². The molecule has 1 saturated heterocycles. The lowest BCUT2D eigenvalue weighted by Gasteiger charge is -2.33. The molecule has 1 aliphatic rings. The van der Waals surface area contributed by atoms with E-state index in [2.05, 4.69) is 31.6 Å². The second kappa shape index (κ2) is 4.18. The Labute approximate surface area is 76.8 Å². The largest absolute Gasteiger partial charge is 0.374 e. The first-order chi connectivity index (χ1) is 5.61. The van der Waals surface area contributed by atoms with Gasteiger partial charge in [-0.2, -0.15) is 0 Å². The Bertz CT molecular complexity index is 186. The fraction of sp³-hybridized carbons (Fsp3) is 0.700. The maximum Gasteiger partial charge on any atom is 0.0211 e. The molecule has 0 radical (unpaired) electrons. The summed E-state index contributed by atoms with van der Waals surface area (Å²) in [6.07, 6.45) is 6.84. The van der Waals surface area contributed by atoms with Gasteiger partial charge in [-0.05, 0) is 18.2 Å². The summed E-state index contributed by atoms with van der Waals surface area (Å²) < 4.78 is 0. The van der Waals surface area contributed by atoms with Crippen molar-refractivity contribution < 1.29 is 0 Å². The molecule has 0 unspecified atom stereocenters. The molecule has 70 valence electrons. The fourth-order valence-electron chi connectivity index (χ4n) is 1.48. The lowest BCUT2D eigenvalue weighted by molar-refractivity contribution is 0.343. The van der Waals surface area contributed by atoms with Crippen LogP contribution in [-0.2, 0) is 0 Å². The summed E-state index contributed by atoms with van der Waals surface area (Å²) in [5.41, 5.74) is 1.31. The standard InChI is InChI=1S/C10H20NP/c1-9(2)10(3)11-5-7-12(4)8-6-11/h9,12H,3-8H2,1-2H3. The van der Waals surface area contributed by atoms with Crippen LogP contribution in [0.3, 0.4) is 0 Å². The summed E-state index contributed by atoms with van der Waals surface area (Å²) in [5, 5.41) is 0. The second-order valence-electron chi connectivity index (χ2n) is 3.88. The Morgan fingerprint density at radius 2 is 1.83 bits per heavy atom. The molecule has 0 aliphatic carbocycles. The van der Waals surface area contributed by atoms with Crippen LogP contribution in [-0.4, -0.2) is 36.6 Å². The van der Waals surface area contributed by atoms with Gasteiger partial charge in [0.25, 0.3) is 0 Å². The van der Waals surface area contributed by atoms with Crippen LogP contribution in [0, 0.1) is 5.92 Å². The van der Waals surface area contributed by atoms with E-state index in [1.807, 2.05) is 0 Å². The van der Waals surface area contributed by atoms with Gasteiger partial charge < -0.3 is 4.90 Å². The normalized spacial score (nSPS) is 20.1. The van der Waals surface area contributed by atoms with Crippen molar-refractivity contribution in [2.75, 3.05) is 25.4 Å². The molecule has 0 aromatic heterocycles. The molecule has 0 aromatic carbocycles. The van der Waals surface area contributed by atoms with Gasteiger partial charge in [0.05, 0.1) is 0 Å². The van der Waals surface area contributed by atoms with Crippen molar-refractivity contribution >= 4 is 13.8 Å². The summed E-state index contributed by atoms with van der Waals surface area (Å²) in [6.45, 7) is 11.0. The van der Waals surface area contributed by atoms with Crippen molar-refractivity contribution in [3.05, 3.63) is 12.3 Å². The molecule has 0 bridgehead atoms. The molecule has 1 nitrogen and oxygen atoms in total. The quantitative estimate of drug-likeness (QED) is 0.596. The summed E-state index contributed by atoms with van der Waals surface area (Å²) in [4.78, 5) is 2.43. The smallest absolute Gasteiger partial charge is 0.0211 e. The van der Waals surface area contributed by atoms with Crippen LogP contribution < -0.4 is 0 Å². The summed E-state index contributed by atoms with van der Waals surface area (Å²) in [7, 11) is -0.217. The predicted octanol–water partition coefficient (Wildman–Crippen LogP) is 2.12. The average molecular weight is 185 g/mol. The van der Waals surface area contributed by atoms with Crippen LogP contribution >= 0.6 is 7.55 Å². The number of nitrogens with zero attached hydrogens (tertiary/aromatic N) is 1. The van der Waals surface area contributed by atoms with E-state index in [9.17, 15) is 0 Å². The molecule has 0 aromatic rings. The summed E-state index contributed by atoms with van der Waals surface area (Å²) >= 11 is 0. The third-order valence-electron chi connectivity index (χ3n) is 2.54. The van der Waals surface area contributed by atoms with E-state index in [1.54, 1.807) is 0 Å². The molecular weight excluding hydrogens is 165 g/mol. The Balaban J connectivity index is 2.44. The molecule has 1 heterocycles. The van der Waals surface area contributed by atoms with Crippen LogP contribution in [0.5, 0.6) is 0 Å². The molecule has 1 aliphatic heterocycles. The Morgan fingerprint density at radius 1 is 1.33 bits per heavy atom. The molecule has 0 N–H and O–H groups in total. The van der Waals surface area contributed by atoms with Crippen molar-refractivity contribution in [3.63, 3.8) is 0 Å². The maximum atomic E-state index is 4.18. The van der Waals surface area contributed by atoms with Crippen LogP contribution in [0.2, 0.25) is 0 Å². The van der Waals surface area contributed by atoms with Gasteiger partial charge in [0, 0.05) is 18.8 Å². The third-order valence-corrected chi connectivity index (χ3v) is 4.40. The number of rotatable bonds is 2. The zero-order chi connectivity index (χ0) is 9.14. The first kappa shape index (κ1) is 9.92. The van der Waals surface area contributed by atoms with Gasteiger partial charge in [0.15, 0.2) is 0 Å². The molecule has 0 saturated carbocycles. The molecular formula is C10H20NP. The molecule has 1 fully saturated rings. The van der Waals surface area contributed by atoms with E-state index in [0.29, 0.717) is 5.92 Å². The average Bonchev–Trinajstić information content (AvgIpc) is 2.04. The van der Waals surface area contributed by atoms with Gasteiger partial charge in [-0.3, -0.25) is 0 Å².